The van der Waals surface area contributed by atoms with E-state index in [9.17, 15) is 0 Å². The summed E-state index contributed by atoms with van der Waals surface area (Å²) >= 11 is 0. The molecule has 0 aliphatic rings. The standard InChI is InChI=1S/C10H16N2O2/c1-10(2,3)7-6-8(13-4)11-12-9(7)14-5/h6H,1-5H3. The Morgan fingerprint density at radius 2 is 1.71 bits per heavy atom. The van der Waals surface area contributed by atoms with Gasteiger partial charge in [-0.15, -0.1) is 10.2 Å². The van der Waals surface area contributed by atoms with Crippen molar-refractivity contribution >= 4 is 0 Å². The SMILES string of the molecule is COc1cc(C(C)(C)C)c(OC)nn1. The number of nitrogens with zero attached hydrogens (tertiary/aromatic N) is 2. The van der Waals surface area contributed by atoms with E-state index in [0.717, 1.165) is 5.56 Å². The smallest absolute Gasteiger partial charge is 0.237 e. The molecule has 0 bridgehead atoms. The summed E-state index contributed by atoms with van der Waals surface area (Å²) in [5, 5.41) is 7.78. The van der Waals surface area contributed by atoms with Gasteiger partial charge in [0.1, 0.15) is 0 Å². The maximum absolute atomic E-state index is 5.14. The van der Waals surface area contributed by atoms with E-state index >= 15 is 0 Å². The van der Waals surface area contributed by atoms with Crippen molar-refractivity contribution in [3.05, 3.63) is 11.6 Å². The molecule has 0 fully saturated rings. The van der Waals surface area contributed by atoms with Crippen LogP contribution in [0.25, 0.3) is 0 Å². The van der Waals surface area contributed by atoms with Gasteiger partial charge in [-0.2, -0.15) is 0 Å². The van der Waals surface area contributed by atoms with Gasteiger partial charge in [-0.05, 0) is 5.41 Å². The molecule has 0 amide bonds. The van der Waals surface area contributed by atoms with E-state index in [1.165, 1.54) is 0 Å². The van der Waals surface area contributed by atoms with E-state index < -0.39 is 0 Å². The lowest BCUT2D eigenvalue weighted by Gasteiger charge is -2.20. The van der Waals surface area contributed by atoms with Crippen molar-refractivity contribution in [2.75, 3.05) is 14.2 Å². The summed E-state index contributed by atoms with van der Waals surface area (Å²) in [6.07, 6.45) is 0. The molecule has 1 heterocycles. The van der Waals surface area contributed by atoms with Crippen LogP contribution in [0.3, 0.4) is 0 Å². The number of hydrogen-bond donors (Lipinski definition) is 0. The van der Waals surface area contributed by atoms with Crippen molar-refractivity contribution < 1.29 is 9.47 Å². The zero-order valence-electron chi connectivity index (χ0n) is 9.29. The van der Waals surface area contributed by atoms with Gasteiger partial charge in [-0.1, -0.05) is 20.8 Å². The van der Waals surface area contributed by atoms with Gasteiger partial charge in [-0.3, -0.25) is 0 Å². The molecule has 0 unspecified atom stereocenters. The van der Waals surface area contributed by atoms with Crippen molar-refractivity contribution in [3.8, 4) is 11.8 Å². The van der Waals surface area contributed by atoms with E-state index in [2.05, 4.69) is 31.0 Å². The minimum Gasteiger partial charge on any atom is -0.480 e. The summed E-state index contributed by atoms with van der Waals surface area (Å²) in [6.45, 7) is 6.27. The van der Waals surface area contributed by atoms with E-state index in [4.69, 9.17) is 9.47 Å². The van der Waals surface area contributed by atoms with Gasteiger partial charge in [0.05, 0.1) is 14.2 Å². The number of rotatable bonds is 2. The molecule has 0 saturated carbocycles. The Bertz CT molecular complexity index is 318. The molecule has 1 aromatic heterocycles. The molecule has 0 atom stereocenters. The lowest BCUT2D eigenvalue weighted by molar-refractivity contribution is 0.353. The molecule has 0 aliphatic carbocycles. The highest BCUT2D eigenvalue weighted by molar-refractivity contribution is 5.34. The molecule has 4 heteroatoms. The quantitative estimate of drug-likeness (QED) is 0.723. The summed E-state index contributed by atoms with van der Waals surface area (Å²) in [5.41, 5.74) is 0.959. The first-order valence-electron chi connectivity index (χ1n) is 4.45. The summed E-state index contributed by atoms with van der Waals surface area (Å²) in [6, 6.07) is 1.85. The predicted molar refractivity (Wildman–Crippen MR) is 53.8 cm³/mol. The number of ether oxygens (including phenoxy) is 2. The maximum atomic E-state index is 5.14. The Labute approximate surface area is 84.3 Å². The van der Waals surface area contributed by atoms with Gasteiger partial charge in [0, 0.05) is 11.6 Å². The molecular weight excluding hydrogens is 180 g/mol. The molecule has 14 heavy (non-hydrogen) atoms. The Morgan fingerprint density at radius 3 is 2.14 bits per heavy atom. The van der Waals surface area contributed by atoms with E-state index in [-0.39, 0.29) is 5.41 Å². The first kappa shape index (κ1) is 10.8. The van der Waals surface area contributed by atoms with Gasteiger partial charge in [-0.25, -0.2) is 0 Å². The van der Waals surface area contributed by atoms with Crippen molar-refractivity contribution in [2.45, 2.75) is 26.2 Å². The number of hydrogen-bond acceptors (Lipinski definition) is 4. The van der Waals surface area contributed by atoms with Crippen molar-refractivity contribution in [2.24, 2.45) is 0 Å². The fourth-order valence-electron chi connectivity index (χ4n) is 1.15. The first-order valence-corrected chi connectivity index (χ1v) is 4.45. The summed E-state index contributed by atoms with van der Waals surface area (Å²) in [7, 11) is 3.16. The highest BCUT2D eigenvalue weighted by Gasteiger charge is 2.21. The van der Waals surface area contributed by atoms with Crippen LogP contribution in [0.15, 0.2) is 6.07 Å². The molecule has 0 radical (unpaired) electrons. The predicted octanol–water partition coefficient (Wildman–Crippen LogP) is 1.79. The van der Waals surface area contributed by atoms with Crippen molar-refractivity contribution in [1.82, 2.24) is 10.2 Å². The second kappa shape index (κ2) is 3.82. The summed E-state index contributed by atoms with van der Waals surface area (Å²) < 4.78 is 10.2. The van der Waals surface area contributed by atoms with Gasteiger partial charge in [0.15, 0.2) is 0 Å². The van der Waals surface area contributed by atoms with E-state index in [0.29, 0.717) is 11.8 Å². The van der Waals surface area contributed by atoms with Crippen LogP contribution in [-0.4, -0.2) is 24.4 Å². The van der Waals surface area contributed by atoms with Crippen LogP contribution in [-0.2, 0) is 5.41 Å². The molecule has 1 aromatic rings. The molecule has 4 nitrogen and oxygen atoms in total. The third kappa shape index (κ3) is 2.13. The largest absolute Gasteiger partial charge is 0.480 e. The Morgan fingerprint density at radius 1 is 1.07 bits per heavy atom. The zero-order valence-corrected chi connectivity index (χ0v) is 9.29. The molecule has 78 valence electrons. The topological polar surface area (TPSA) is 44.2 Å². The average Bonchev–Trinajstić information content (AvgIpc) is 2.15. The highest BCUT2D eigenvalue weighted by atomic mass is 16.5. The molecule has 0 saturated heterocycles. The monoisotopic (exact) mass is 196 g/mol. The minimum atomic E-state index is -0.0332. The third-order valence-corrected chi connectivity index (χ3v) is 1.95. The average molecular weight is 196 g/mol. The fraction of sp³-hybridized carbons (Fsp3) is 0.600. The Balaban J connectivity index is 3.22. The van der Waals surface area contributed by atoms with Crippen LogP contribution in [0.2, 0.25) is 0 Å². The lowest BCUT2D eigenvalue weighted by atomic mass is 9.88. The van der Waals surface area contributed by atoms with Crippen molar-refractivity contribution in [3.63, 3.8) is 0 Å². The lowest BCUT2D eigenvalue weighted by Crippen LogP contribution is -2.14. The van der Waals surface area contributed by atoms with Gasteiger partial charge in [0.25, 0.3) is 0 Å². The first-order chi connectivity index (χ1) is 6.49. The number of aromatic nitrogens is 2. The van der Waals surface area contributed by atoms with E-state index in [1.54, 1.807) is 14.2 Å². The molecular formula is C10H16N2O2. The minimum absolute atomic E-state index is 0.0332. The van der Waals surface area contributed by atoms with Crippen LogP contribution in [0.5, 0.6) is 11.8 Å². The third-order valence-electron chi connectivity index (χ3n) is 1.95. The highest BCUT2D eigenvalue weighted by Crippen LogP contribution is 2.30. The molecule has 0 spiro atoms. The van der Waals surface area contributed by atoms with Gasteiger partial charge >= 0.3 is 0 Å². The Hall–Kier alpha value is -1.32. The van der Waals surface area contributed by atoms with Crippen molar-refractivity contribution in [1.29, 1.82) is 0 Å². The normalized spacial score (nSPS) is 11.2. The maximum Gasteiger partial charge on any atom is 0.237 e. The zero-order chi connectivity index (χ0) is 10.8. The number of methoxy groups -OCH3 is 2. The van der Waals surface area contributed by atoms with Crippen LogP contribution in [0, 0.1) is 0 Å². The molecule has 1 rings (SSSR count). The second-order valence-corrected chi connectivity index (χ2v) is 4.06. The molecule has 0 N–H and O–H groups in total. The fourth-order valence-corrected chi connectivity index (χ4v) is 1.15. The summed E-state index contributed by atoms with van der Waals surface area (Å²) in [5.74, 6) is 1.06. The molecule has 0 aliphatic heterocycles. The second-order valence-electron chi connectivity index (χ2n) is 4.06. The van der Waals surface area contributed by atoms with Crippen LogP contribution in [0.4, 0.5) is 0 Å². The van der Waals surface area contributed by atoms with Crippen LogP contribution >= 0.6 is 0 Å². The van der Waals surface area contributed by atoms with Crippen LogP contribution in [0.1, 0.15) is 26.3 Å². The van der Waals surface area contributed by atoms with Crippen LogP contribution < -0.4 is 9.47 Å². The molecule has 0 aromatic carbocycles. The van der Waals surface area contributed by atoms with Gasteiger partial charge < -0.3 is 9.47 Å². The van der Waals surface area contributed by atoms with Gasteiger partial charge in [0.2, 0.25) is 11.8 Å². The summed E-state index contributed by atoms with van der Waals surface area (Å²) in [4.78, 5) is 0. The van der Waals surface area contributed by atoms with E-state index in [1.807, 2.05) is 6.07 Å². The Kier molecular flexibility index (Phi) is 2.93.